The lowest BCUT2D eigenvalue weighted by molar-refractivity contribution is -0.118. The van der Waals surface area contributed by atoms with E-state index < -0.39 is 0 Å². The summed E-state index contributed by atoms with van der Waals surface area (Å²) < 4.78 is 7.67. The van der Waals surface area contributed by atoms with E-state index >= 15 is 0 Å². The summed E-state index contributed by atoms with van der Waals surface area (Å²) in [7, 11) is 0. The zero-order valence-electron chi connectivity index (χ0n) is 14.8. The molecule has 0 spiro atoms. The molecule has 0 unspecified atom stereocenters. The number of hydrogen-bond acceptors (Lipinski definition) is 4. The lowest BCUT2D eigenvalue weighted by atomic mass is 10.1. The predicted octanol–water partition coefficient (Wildman–Crippen LogP) is 5.73. The number of aryl methyl sites for hydroxylation is 2. The number of nitrogens with one attached hydrogen (secondary N) is 1. The molecule has 0 radical (unpaired) electrons. The van der Waals surface area contributed by atoms with Crippen molar-refractivity contribution in [1.29, 1.82) is 0 Å². The Labute approximate surface area is 165 Å². The highest BCUT2D eigenvalue weighted by Crippen LogP contribution is 2.27. The Bertz CT molecular complexity index is 923. The van der Waals surface area contributed by atoms with Crippen LogP contribution in [0.4, 0.5) is 5.13 Å². The molecule has 0 bridgehead atoms. The maximum atomic E-state index is 12.1. The van der Waals surface area contributed by atoms with Crippen molar-refractivity contribution in [3.63, 3.8) is 0 Å². The van der Waals surface area contributed by atoms with Gasteiger partial charge < -0.3 is 4.74 Å². The van der Waals surface area contributed by atoms with Gasteiger partial charge in [0.05, 0.1) is 10.2 Å². The summed E-state index contributed by atoms with van der Waals surface area (Å²) in [6.07, 6.45) is 3.44. The van der Waals surface area contributed by atoms with Crippen LogP contribution in [0.5, 0.6) is 5.75 Å². The van der Waals surface area contributed by atoms with Gasteiger partial charge in [-0.15, -0.1) is 0 Å². The third-order valence-corrected chi connectivity index (χ3v) is 5.84. The zero-order valence-corrected chi connectivity index (χ0v) is 17.2. The third-order valence-electron chi connectivity index (χ3n) is 4.02. The molecular formula is C20H21BrN2O2S. The molecule has 6 heteroatoms. The summed E-state index contributed by atoms with van der Waals surface area (Å²) >= 11 is 4.94. The normalized spacial score (nSPS) is 10.9. The standard InChI is InChI=1S/C20H21BrN2O2S/c1-3-4-5-14-6-9-17-18(11-14)26-20(22-17)23-19(24)12-25-15-7-8-16(21)13(2)10-15/h6-11H,3-5,12H2,1-2H3,(H,22,23,24). The van der Waals surface area contributed by atoms with E-state index in [-0.39, 0.29) is 12.5 Å². The van der Waals surface area contributed by atoms with Crippen LogP contribution in [0.1, 0.15) is 30.9 Å². The van der Waals surface area contributed by atoms with Crippen molar-refractivity contribution in [2.24, 2.45) is 0 Å². The summed E-state index contributed by atoms with van der Waals surface area (Å²) in [5.41, 5.74) is 3.29. The van der Waals surface area contributed by atoms with Gasteiger partial charge in [-0.3, -0.25) is 10.1 Å². The van der Waals surface area contributed by atoms with E-state index in [1.165, 1.54) is 29.7 Å². The van der Waals surface area contributed by atoms with Gasteiger partial charge in [-0.05, 0) is 61.2 Å². The van der Waals surface area contributed by atoms with Crippen molar-refractivity contribution < 1.29 is 9.53 Å². The first-order chi connectivity index (χ1) is 12.5. The molecule has 26 heavy (non-hydrogen) atoms. The molecule has 0 aliphatic rings. The molecule has 4 nitrogen and oxygen atoms in total. The lowest BCUT2D eigenvalue weighted by Crippen LogP contribution is -2.20. The molecule has 1 heterocycles. The number of ether oxygens (including phenoxy) is 1. The highest BCUT2D eigenvalue weighted by atomic mass is 79.9. The molecule has 1 aromatic heterocycles. The number of rotatable bonds is 7. The summed E-state index contributed by atoms with van der Waals surface area (Å²) in [5.74, 6) is 0.460. The number of aromatic nitrogens is 1. The summed E-state index contributed by atoms with van der Waals surface area (Å²) in [6, 6.07) is 11.9. The molecule has 3 aromatic rings. The Kier molecular flexibility index (Phi) is 6.27. The van der Waals surface area contributed by atoms with Gasteiger partial charge in [0.25, 0.3) is 5.91 Å². The van der Waals surface area contributed by atoms with Crippen LogP contribution in [-0.4, -0.2) is 17.5 Å². The molecule has 136 valence electrons. The van der Waals surface area contributed by atoms with Gasteiger partial charge in [0.2, 0.25) is 0 Å². The van der Waals surface area contributed by atoms with Gasteiger partial charge >= 0.3 is 0 Å². The Morgan fingerprint density at radius 1 is 1.27 bits per heavy atom. The van der Waals surface area contributed by atoms with E-state index in [2.05, 4.69) is 45.3 Å². The van der Waals surface area contributed by atoms with Crippen LogP contribution in [0.25, 0.3) is 10.2 Å². The molecule has 0 saturated heterocycles. The molecule has 1 N–H and O–H groups in total. The van der Waals surface area contributed by atoms with Gasteiger partial charge in [-0.25, -0.2) is 4.98 Å². The zero-order chi connectivity index (χ0) is 18.5. The van der Waals surface area contributed by atoms with Gasteiger partial charge in [-0.1, -0.05) is 46.7 Å². The lowest BCUT2D eigenvalue weighted by Gasteiger charge is -2.07. The Morgan fingerprint density at radius 3 is 2.88 bits per heavy atom. The average Bonchev–Trinajstić information content (AvgIpc) is 3.02. The number of hydrogen-bond donors (Lipinski definition) is 1. The number of carbonyl (C=O) groups is 1. The molecule has 0 saturated carbocycles. The van der Waals surface area contributed by atoms with Crippen molar-refractivity contribution in [2.45, 2.75) is 33.1 Å². The minimum atomic E-state index is -0.212. The first-order valence-electron chi connectivity index (χ1n) is 8.63. The first-order valence-corrected chi connectivity index (χ1v) is 10.2. The number of anilines is 1. The monoisotopic (exact) mass is 432 g/mol. The number of amides is 1. The maximum Gasteiger partial charge on any atom is 0.264 e. The highest BCUT2D eigenvalue weighted by molar-refractivity contribution is 9.10. The molecule has 2 aromatic carbocycles. The number of nitrogens with zero attached hydrogens (tertiary/aromatic N) is 1. The average molecular weight is 433 g/mol. The van der Waals surface area contributed by atoms with Gasteiger partial charge in [-0.2, -0.15) is 0 Å². The van der Waals surface area contributed by atoms with E-state index in [0.29, 0.717) is 10.9 Å². The third kappa shape index (κ3) is 4.83. The molecule has 1 amide bonds. The number of carbonyl (C=O) groups excluding carboxylic acids is 1. The van der Waals surface area contributed by atoms with E-state index in [1.807, 2.05) is 31.2 Å². The van der Waals surface area contributed by atoms with Crippen molar-refractivity contribution in [3.05, 3.63) is 52.0 Å². The number of halogens is 1. The summed E-state index contributed by atoms with van der Waals surface area (Å²) in [5, 5.41) is 3.43. The highest BCUT2D eigenvalue weighted by Gasteiger charge is 2.09. The van der Waals surface area contributed by atoms with Crippen LogP contribution >= 0.6 is 27.3 Å². The number of benzene rings is 2. The van der Waals surface area contributed by atoms with Crippen molar-refractivity contribution >= 4 is 48.5 Å². The largest absolute Gasteiger partial charge is 0.484 e. The fraction of sp³-hybridized carbons (Fsp3) is 0.300. The Morgan fingerprint density at radius 2 is 2.12 bits per heavy atom. The van der Waals surface area contributed by atoms with Crippen LogP contribution in [0.15, 0.2) is 40.9 Å². The van der Waals surface area contributed by atoms with Gasteiger partial charge in [0, 0.05) is 4.47 Å². The number of unbranched alkanes of at least 4 members (excludes halogenated alkanes) is 1. The second-order valence-electron chi connectivity index (χ2n) is 6.17. The number of thiazole rings is 1. The minimum absolute atomic E-state index is 0.0429. The summed E-state index contributed by atoms with van der Waals surface area (Å²) in [4.78, 5) is 16.6. The van der Waals surface area contributed by atoms with Crippen molar-refractivity contribution in [2.75, 3.05) is 11.9 Å². The van der Waals surface area contributed by atoms with Crippen molar-refractivity contribution in [3.8, 4) is 5.75 Å². The first kappa shape index (κ1) is 18.9. The quantitative estimate of drug-likeness (QED) is 0.518. The van der Waals surface area contributed by atoms with Gasteiger partial charge in [0.1, 0.15) is 5.75 Å². The van der Waals surface area contributed by atoms with E-state index in [1.54, 1.807) is 0 Å². The topological polar surface area (TPSA) is 51.2 Å². The maximum absolute atomic E-state index is 12.1. The van der Waals surface area contributed by atoms with Crippen LogP contribution in [-0.2, 0) is 11.2 Å². The molecule has 3 rings (SSSR count). The van der Waals surface area contributed by atoms with Crippen LogP contribution in [0.2, 0.25) is 0 Å². The van der Waals surface area contributed by atoms with Crippen LogP contribution < -0.4 is 10.1 Å². The SMILES string of the molecule is CCCCc1ccc2nc(NC(=O)COc3ccc(Br)c(C)c3)sc2c1. The van der Waals surface area contributed by atoms with Gasteiger partial charge in [0.15, 0.2) is 11.7 Å². The molecular weight excluding hydrogens is 412 g/mol. The summed E-state index contributed by atoms with van der Waals surface area (Å²) in [6.45, 7) is 4.13. The molecule has 0 aliphatic carbocycles. The second kappa shape index (κ2) is 8.64. The Hall–Kier alpha value is -1.92. The minimum Gasteiger partial charge on any atom is -0.484 e. The molecule has 0 aliphatic heterocycles. The molecule has 0 atom stereocenters. The second-order valence-corrected chi connectivity index (χ2v) is 8.06. The van der Waals surface area contributed by atoms with E-state index in [0.717, 1.165) is 26.7 Å². The predicted molar refractivity (Wildman–Crippen MR) is 111 cm³/mol. The van der Waals surface area contributed by atoms with E-state index in [4.69, 9.17) is 4.74 Å². The Balaban J connectivity index is 1.60. The fourth-order valence-corrected chi connectivity index (χ4v) is 3.76. The van der Waals surface area contributed by atoms with Crippen molar-refractivity contribution in [1.82, 2.24) is 4.98 Å². The van der Waals surface area contributed by atoms with E-state index in [9.17, 15) is 4.79 Å². The smallest absolute Gasteiger partial charge is 0.264 e. The molecule has 0 fully saturated rings. The van der Waals surface area contributed by atoms with Crippen LogP contribution in [0, 0.1) is 6.92 Å². The fourth-order valence-electron chi connectivity index (χ4n) is 2.57. The van der Waals surface area contributed by atoms with Crippen LogP contribution in [0.3, 0.4) is 0 Å². The number of fused-ring (bicyclic) bond motifs is 1.